The van der Waals surface area contributed by atoms with Crippen molar-refractivity contribution in [2.75, 3.05) is 0 Å². The Hall–Kier alpha value is -4.46. The third kappa shape index (κ3) is 4.96. The summed E-state index contributed by atoms with van der Waals surface area (Å²) in [6, 6.07) is 19.9. The topological polar surface area (TPSA) is 104 Å². The molecule has 0 aliphatic carbocycles. The molecule has 34 heavy (non-hydrogen) atoms. The van der Waals surface area contributed by atoms with Gasteiger partial charge in [-0.25, -0.2) is 0 Å². The van der Waals surface area contributed by atoms with Crippen molar-refractivity contribution in [3.05, 3.63) is 105 Å². The Bertz CT molecular complexity index is 1460. The van der Waals surface area contributed by atoms with Crippen LogP contribution in [0.2, 0.25) is 0 Å². The predicted molar refractivity (Wildman–Crippen MR) is 125 cm³/mol. The Labute approximate surface area is 195 Å². The molecule has 0 aliphatic rings. The number of rotatable bonds is 6. The minimum Gasteiger partial charge on any atom is -0.805 e. The van der Waals surface area contributed by atoms with Crippen LogP contribution in [0.15, 0.2) is 72.8 Å². The van der Waals surface area contributed by atoms with Gasteiger partial charge in [-0.3, -0.25) is 9.59 Å². The lowest BCUT2D eigenvalue weighted by Gasteiger charge is -2.18. The van der Waals surface area contributed by atoms with Crippen LogP contribution in [0.25, 0.3) is 11.0 Å². The quantitative estimate of drug-likeness (QED) is 0.247. The van der Waals surface area contributed by atoms with Gasteiger partial charge in [0.1, 0.15) is 23.4 Å². The molecule has 4 rings (SSSR count). The fourth-order valence-corrected chi connectivity index (χ4v) is 3.65. The molecule has 0 unspecified atom stereocenters. The van der Waals surface area contributed by atoms with Gasteiger partial charge in [-0.2, -0.15) is 0 Å². The summed E-state index contributed by atoms with van der Waals surface area (Å²) in [7, 11) is 0. The summed E-state index contributed by atoms with van der Waals surface area (Å²) in [5.41, 5.74) is 1.59. The highest BCUT2D eigenvalue weighted by Gasteiger charge is 2.27. The largest absolute Gasteiger partial charge is 0.805 e. The Morgan fingerprint density at radius 1 is 0.824 bits per heavy atom. The maximum absolute atomic E-state index is 13.1. The van der Waals surface area contributed by atoms with Gasteiger partial charge in [-0.15, -0.1) is 0 Å². The summed E-state index contributed by atoms with van der Waals surface area (Å²) in [6.45, 7) is 3.70. The highest BCUT2D eigenvalue weighted by Crippen LogP contribution is 2.19. The third-order valence-electron chi connectivity index (χ3n) is 5.21. The van der Waals surface area contributed by atoms with E-state index in [1.54, 1.807) is 48.5 Å². The molecule has 0 fully saturated rings. The molecule has 0 amide bonds. The summed E-state index contributed by atoms with van der Waals surface area (Å²) in [5.74, 6) is -0.838. The van der Waals surface area contributed by atoms with Gasteiger partial charge >= 0.3 is 11.9 Å². The molecule has 0 atom stereocenters. The van der Waals surface area contributed by atoms with Crippen LogP contribution in [0.1, 0.15) is 22.5 Å². The van der Waals surface area contributed by atoms with Crippen molar-refractivity contribution >= 4 is 23.0 Å². The van der Waals surface area contributed by atoms with Crippen LogP contribution in [-0.2, 0) is 22.4 Å². The van der Waals surface area contributed by atoms with Gasteiger partial charge in [-0.05, 0) is 55.3 Å². The Kier molecular flexibility index (Phi) is 6.40. The van der Waals surface area contributed by atoms with Crippen molar-refractivity contribution < 1.29 is 23.5 Å². The number of carbonyl (C=O) groups is 2. The van der Waals surface area contributed by atoms with Crippen LogP contribution in [0.5, 0.6) is 11.5 Å². The van der Waals surface area contributed by atoms with Gasteiger partial charge in [0.15, 0.2) is 0 Å². The smallest absolute Gasteiger partial charge is 0.322 e. The fourth-order valence-electron chi connectivity index (χ4n) is 3.65. The molecular formula is C26H22N2O6. The lowest BCUT2D eigenvalue weighted by atomic mass is 10.1. The maximum atomic E-state index is 13.1. The van der Waals surface area contributed by atoms with E-state index >= 15 is 0 Å². The summed E-state index contributed by atoms with van der Waals surface area (Å²) >= 11 is 0. The van der Waals surface area contributed by atoms with Gasteiger partial charge in [-0.1, -0.05) is 36.4 Å². The number of esters is 2. The first-order valence-corrected chi connectivity index (χ1v) is 10.6. The van der Waals surface area contributed by atoms with Crippen molar-refractivity contribution in [1.29, 1.82) is 0 Å². The molecule has 0 aliphatic heterocycles. The molecule has 3 aromatic carbocycles. The predicted octanol–water partition coefficient (Wildman–Crippen LogP) is 3.81. The Balaban J connectivity index is 1.68. The van der Waals surface area contributed by atoms with Crippen molar-refractivity contribution in [2.24, 2.45) is 0 Å². The van der Waals surface area contributed by atoms with E-state index in [0.29, 0.717) is 20.7 Å². The monoisotopic (exact) mass is 458 g/mol. The van der Waals surface area contributed by atoms with Crippen LogP contribution in [-0.4, -0.2) is 16.7 Å². The second-order valence-electron chi connectivity index (χ2n) is 7.91. The second-order valence-corrected chi connectivity index (χ2v) is 7.91. The Morgan fingerprint density at radius 2 is 1.38 bits per heavy atom. The standard InChI is InChI=1S/C26H22N2O6/c1-17-7-5-9-19(13-17)33-25(29)15-23-24(16-26(30)34-20-10-6-8-18(2)14-20)28(32)22-12-4-3-11-21(22)27(23)31/h3-14H,15-16H2,1-2H3. The molecule has 0 saturated heterocycles. The van der Waals surface area contributed by atoms with E-state index < -0.39 is 24.8 Å². The molecule has 8 nitrogen and oxygen atoms in total. The van der Waals surface area contributed by atoms with Crippen LogP contribution in [0, 0.1) is 24.0 Å². The van der Waals surface area contributed by atoms with Gasteiger partial charge in [0.25, 0.3) is 11.2 Å². The van der Waals surface area contributed by atoms with Crippen LogP contribution < -0.4 is 13.9 Å². The first kappa shape index (κ1) is 22.7. The van der Waals surface area contributed by atoms with E-state index in [9.17, 15) is 19.7 Å². The van der Waals surface area contributed by atoms with E-state index in [1.165, 1.54) is 12.1 Å². The number of carbonyl (C=O) groups excluding carboxylic acids is 2. The molecule has 0 radical (unpaired) electrons. The van der Waals surface area contributed by atoms with Crippen LogP contribution in [0.3, 0.4) is 0 Å². The molecule has 1 aromatic heterocycles. The highest BCUT2D eigenvalue weighted by atomic mass is 16.5. The summed E-state index contributed by atoms with van der Waals surface area (Å²) in [4.78, 5) is 38.4. The zero-order valence-corrected chi connectivity index (χ0v) is 18.7. The molecule has 0 bridgehead atoms. The van der Waals surface area contributed by atoms with Gasteiger partial charge in [0.2, 0.25) is 0 Å². The van der Waals surface area contributed by atoms with Gasteiger partial charge in [0.05, 0.1) is 16.5 Å². The second kappa shape index (κ2) is 9.58. The van der Waals surface area contributed by atoms with Crippen LogP contribution >= 0.6 is 0 Å². The SMILES string of the molecule is Cc1cccc(OC(=O)Cc2c(CC(=O)Oc3cccc(C)c3)[n+](=O)c3ccccc3n2[O-])c1. The van der Waals surface area contributed by atoms with E-state index in [0.717, 1.165) is 11.1 Å². The van der Waals surface area contributed by atoms with E-state index in [2.05, 4.69) is 0 Å². The molecule has 1 heterocycles. The maximum Gasteiger partial charge on any atom is 0.322 e. The number of nitrogens with zero attached hydrogens (tertiary/aromatic N) is 2. The highest BCUT2D eigenvalue weighted by molar-refractivity contribution is 5.80. The van der Waals surface area contributed by atoms with Crippen LogP contribution in [0.4, 0.5) is 0 Å². The normalized spacial score (nSPS) is 10.8. The van der Waals surface area contributed by atoms with E-state index in [1.807, 2.05) is 26.0 Å². The average molecular weight is 458 g/mol. The summed E-state index contributed by atoms with van der Waals surface area (Å²) in [5, 5.41) is 13.1. The minimum atomic E-state index is -0.737. The lowest BCUT2D eigenvalue weighted by molar-refractivity contribution is -0.475. The molecule has 172 valence electrons. The minimum absolute atomic E-state index is 0.0756. The number of benzene rings is 3. The van der Waals surface area contributed by atoms with Crippen molar-refractivity contribution in [2.45, 2.75) is 26.7 Å². The molecule has 0 spiro atoms. The number of ether oxygens (including phenoxy) is 2. The molecule has 0 N–H and O–H groups in total. The van der Waals surface area contributed by atoms with Crippen molar-refractivity contribution in [3.63, 3.8) is 0 Å². The molecular weight excluding hydrogens is 436 g/mol. The first-order valence-electron chi connectivity index (χ1n) is 10.6. The van der Waals surface area contributed by atoms with Crippen molar-refractivity contribution in [1.82, 2.24) is 4.73 Å². The fraction of sp³-hybridized carbons (Fsp3) is 0.154. The number of aryl methyl sites for hydroxylation is 2. The Morgan fingerprint density at radius 3 is 1.97 bits per heavy atom. The lowest BCUT2D eigenvalue weighted by Crippen LogP contribution is -2.32. The molecule has 0 saturated carbocycles. The summed E-state index contributed by atoms with van der Waals surface area (Å²) in [6.07, 6.45) is -1.00. The molecule has 4 aromatic rings. The van der Waals surface area contributed by atoms with Crippen molar-refractivity contribution in [3.8, 4) is 11.5 Å². The van der Waals surface area contributed by atoms with Gasteiger partial charge < -0.3 is 19.4 Å². The zero-order valence-electron chi connectivity index (χ0n) is 18.7. The van der Waals surface area contributed by atoms with E-state index in [-0.39, 0.29) is 22.4 Å². The molecule has 8 heteroatoms. The number of fused-ring (bicyclic) bond motifs is 1. The zero-order chi connectivity index (χ0) is 24.2. The first-order chi connectivity index (χ1) is 16.3. The number of hydrogen-bond donors (Lipinski definition) is 0. The van der Waals surface area contributed by atoms with E-state index in [4.69, 9.17) is 9.47 Å². The van der Waals surface area contributed by atoms with Gasteiger partial charge in [0, 0.05) is 11.0 Å². The number of hydrogen-bond acceptors (Lipinski definition) is 6. The summed E-state index contributed by atoms with van der Waals surface area (Å²) < 4.78 is 11.7. The third-order valence-corrected chi connectivity index (χ3v) is 5.21. The number of para-hydroxylation sites is 2. The average Bonchev–Trinajstić information content (AvgIpc) is 2.79. The number of aromatic nitrogens is 2.